The summed E-state index contributed by atoms with van der Waals surface area (Å²) in [5.74, 6) is 0. The molecule has 10 heteroatoms. The van der Waals surface area contributed by atoms with E-state index in [2.05, 4.69) is 15.0 Å². The zero-order valence-electron chi connectivity index (χ0n) is 10.5. The Morgan fingerprint density at radius 1 is 1.60 bits per heavy atom. The van der Waals surface area contributed by atoms with Crippen molar-refractivity contribution in [3.8, 4) is 0 Å². The van der Waals surface area contributed by atoms with Crippen LogP contribution in [-0.4, -0.2) is 44.6 Å². The maximum Gasteiger partial charge on any atom is 0.330 e. The number of aromatic amines is 1. The molecule has 1 aromatic rings. The lowest BCUT2D eigenvalue weighted by atomic mass is 10.1. The Hall–Kier alpha value is -2.13. The van der Waals surface area contributed by atoms with Crippen LogP contribution in [0.15, 0.2) is 20.9 Å². The van der Waals surface area contributed by atoms with Gasteiger partial charge < -0.3 is 14.9 Å². The molecule has 0 bridgehead atoms. The number of aliphatic hydroxyl groups excluding tert-OH is 2. The van der Waals surface area contributed by atoms with E-state index in [0.717, 1.165) is 4.57 Å². The number of hydrogen-bond acceptors (Lipinski definition) is 6. The second-order valence-corrected chi connectivity index (χ2v) is 4.41. The zero-order chi connectivity index (χ0) is 14.9. The second kappa shape index (κ2) is 5.47. The van der Waals surface area contributed by atoms with Gasteiger partial charge in [0.2, 0.25) is 0 Å². The molecule has 0 radical (unpaired) electrons. The normalized spacial score (nSPS) is 29.1. The van der Waals surface area contributed by atoms with Crippen molar-refractivity contribution in [1.29, 1.82) is 0 Å². The lowest BCUT2D eigenvalue weighted by molar-refractivity contribution is -0.0465. The summed E-state index contributed by atoms with van der Waals surface area (Å²) >= 11 is 0. The summed E-state index contributed by atoms with van der Waals surface area (Å²) < 4.78 is 6.35. The summed E-state index contributed by atoms with van der Waals surface area (Å²) in [7, 11) is 0. The van der Waals surface area contributed by atoms with Crippen molar-refractivity contribution in [2.24, 2.45) is 5.11 Å². The van der Waals surface area contributed by atoms with Crippen molar-refractivity contribution >= 4 is 0 Å². The Morgan fingerprint density at radius 3 is 2.90 bits per heavy atom. The highest BCUT2D eigenvalue weighted by atomic mass is 16.5. The van der Waals surface area contributed by atoms with Crippen LogP contribution >= 0.6 is 0 Å². The number of aromatic nitrogens is 2. The molecule has 20 heavy (non-hydrogen) atoms. The third kappa shape index (κ3) is 2.32. The van der Waals surface area contributed by atoms with Crippen LogP contribution in [-0.2, 0) is 4.74 Å². The standard InChI is InChI=1S/C10H13N5O5/c1-4-2-15(10(19)12-8(4)18)9-6(13-14-11)7(17)5(3-16)20-9/h2,5-7,9,16-17H,3H2,1H3,(H,12,18,19)/t5-,6-,7+,9-/m0/s1. The summed E-state index contributed by atoms with van der Waals surface area (Å²) in [5, 5.41) is 22.4. The minimum Gasteiger partial charge on any atom is -0.394 e. The molecular weight excluding hydrogens is 270 g/mol. The van der Waals surface area contributed by atoms with Gasteiger partial charge in [-0.3, -0.25) is 14.3 Å². The predicted molar refractivity (Wildman–Crippen MR) is 66.0 cm³/mol. The number of hydrogen-bond donors (Lipinski definition) is 3. The van der Waals surface area contributed by atoms with E-state index < -0.39 is 42.3 Å². The molecule has 0 amide bonds. The van der Waals surface area contributed by atoms with Crippen molar-refractivity contribution < 1.29 is 14.9 Å². The lowest BCUT2D eigenvalue weighted by Crippen LogP contribution is -2.37. The molecular formula is C10H13N5O5. The molecule has 0 unspecified atom stereocenters. The number of azide groups is 1. The number of rotatable bonds is 3. The van der Waals surface area contributed by atoms with E-state index in [9.17, 15) is 14.7 Å². The predicted octanol–water partition coefficient (Wildman–Crippen LogP) is -1.23. The van der Waals surface area contributed by atoms with Gasteiger partial charge in [-0.1, -0.05) is 5.11 Å². The fourth-order valence-electron chi connectivity index (χ4n) is 2.07. The quantitative estimate of drug-likeness (QED) is 0.360. The van der Waals surface area contributed by atoms with Crippen LogP contribution in [0.2, 0.25) is 0 Å². The number of H-pyrrole nitrogens is 1. The molecule has 1 aliphatic rings. The van der Waals surface area contributed by atoms with Crippen LogP contribution in [0.1, 0.15) is 11.8 Å². The Balaban J connectivity index is 2.50. The van der Waals surface area contributed by atoms with Gasteiger partial charge in [0, 0.05) is 16.7 Å². The average Bonchev–Trinajstić information content (AvgIpc) is 2.72. The Kier molecular flexibility index (Phi) is 3.91. The van der Waals surface area contributed by atoms with Crippen molar-refractivity contribution in [3.63, 3.8) is 0 Å². The largest absolute Gasteiger partial charge is 0.394 e. The minimum absolute atomic E-state index is 0.259. The van der Waals surface area contributed by atoms with Gasteiger partial charge in [0.25, 0.3) is 5.56 Å². The first-order chi connectivity index (χ1) is 9.49. The number of aryl methyl sites for hydroxylation is 1. The Bertz CT molecular complexity index is 661. The smallest absolute Gasteiger partial charge is 0.330 e. The molecule has 4 atom stereocenters. The van der Waals surface area contributed by atoms with Crippen LogP contribution in [0.4, 0.5) is 0 Å². The molecule has 108 valence electrons. The first kappa shape index (κ1) is 14.3. The van der Waals surface area contributed by atoms with Crippen LogP contribution in [0, 0.1) is 6.92 Å². The van der Waals surface area contributed by atoms with Crippen molar-refractivity contribution in [3.05, 3.63) is 43.0 Å². The fraction of sp³-hybridized carbons (Fsp3) is 0.600. The average molecular weight is 283 g/mol. The van der Waals surface area contributed by atoms with E-state index in [1.807, 2.05) is 0 Å². The molecule has 1 aromatic heterocycles. The zero-order valence-corrected chi connectivity index (χ0v) is 10.5. The van der Waals surface area contributed by atoms with E-state index in [4.69, 9.17) is 15.4 Å². The van der Waals surface area contributed by atoms with E-state index in [1.165, 1.54) is 13.1 Å². The van der Waals surface area contributed by atoms with Crippen molar-refractivity contribution in [2.75, 3.05) is 6.61 Å². The molecule has 0 spiro atoms. The maximum absolute atomic E-state index is 11.8. The summed E-state index contributed by atoms with van der Waals surface area (Å²) in [6, 6.07) is -1.08. The summed E-state index contributed by atoms with van der Waals surface area (Å²) in [6.45, 7) is 0.998. The molecule has 10 nitrogen and oxygen atoms in total. The fourth-order valence-corrected chi connectivity index (χ4v) is 2.07. The highest BCUT2D eigenvalue weighted by Gasteiger charge is 2.44. The summed E-state index contributed by atoms with van der Waals surface area (Å²) in [5.41, 5.74) is 7.49. The van der Waals surface area contributed by atoms with Gasteiger partial charge in [-0.2, -0.15) is 0 Å². The third-order valence-corrected chi connectivity index (χ3v) is 3.12. The molecule has 1 saturated heterocycles. The van der Waals surface area contributed by atoms with Crippen molar-refractivity contribution in [1.82, 2.24) is 9.55 Å². The first-order valence-corrected chi connectivity index (χ1v) is 5.80. The lowest BCUT2D eigenvalue weighted by Gasteiger charge is -2.17. The van der Waals surface area contributed by atoms with Gasteiger partial charge in [-0.25, -0.2) is 4.79 Å². The van der Waals surface area contributed by atoms with E-state index >= 15 is 0 Å². The molecule has 0 aromatic carbocycles. The molecule has 0 saturated carbocycles. The van der Waals surface area contributed by atoms with Gasteiger partial charge in [0.1, 0.15) is 18.4 Å². The second-order valence-electron chi connectivity index (χ2n) is 4.41. The summed E-state index contributed by atoms with van der Waals surface area (Å²) in [4.78, 5) is 27.8. The van der Waals surface area contributed by atoms with Crippen LogP contribution in [0.25, 0.3) is 10.4 Å². The highest BCUT2D eigenvalue weighted by molar-refractivity contribution is 5.04. The van der Waals surface area contributed by atoms with E-state index in [1.54, 1.807) is 0 Å². The number of ether oxygens (including phenoxy) is 1. The minimum atomic E-state index is -1.25. The molecule has 1 aliphatic heterocycles. The molecule has 1 fully saturated rings. The summed E-state index contributed by atoms with van der Waals surface area (Å²) in [6.07, 6.45) is -2.08. The van der Waals surface area contributed by atoms with Crippen molar-refractivity contribution in [2.45, 2.75) is 31.4 Å². The molecule has 2 heterocycles. The van der Waals surface area contributed by atoms with Crippen LogP contribution in [0.3, 0.4) is 0 Å². The maximum atomic E-state index is 11.8. The number of nitrogens with one attached hydrogen (secondary N) is 1. The third-order valence-electron chi connectivity index (χ3n) is 3.12. The molecule has 2 rings (SSSR count). The monoisotopic (exact) mass is 283 g/mol. The van der Waals surface area contributed by atoms with Gasteiger partial charge in [0.15, 0.2) is 0 Å². The first-order valence-electron chi connectivity index (χ1n) is 5.80. The van der Waals surface area contributed by atoms with Gasteiger partial charge in [-0.05, 0) is 12.5 Å². The number of nitrogens with zero attached hydrogens (tertiary/aromatic N) is 4. The highest BCUT2D eigenvalue weighted by Crippen LogP contribution is 2.30. The van der Waals surface area contributed by atoms with Gasteiger partial charge in [-0.15, -0.1) is 0 Å². The van der Waals surface area contributed by atoms with E-state index in [-0.39, 0.29) is 5.56 Å². The number of aliphatic hydroxyl groups is 2. The van der Waals surface area contributed by atoms with Gasteiger partial charge in [0.05, 0.1) is 12.7 Å². The SMILES string of the molecule is Cc1cn([C@H]2O[C@@H](CO)[C@@H](O)[C@@H]2N=[N+]=[N-])c(=O)[nH]c1=O. The van der Waals surface area contributed by atoms with Gasteiger partial charge >= 0.3 is 5.69 Å². The Morgan fingerprint density at radius 2 is 2.30 bits per heavy atom. The van der Waals surface area contributed by atoms with Crippen LogP contribution < -0.4 is 11.2 Å². The Labute approximate surface area is 111 Å². The topological polar surface area (TPSA) is 153 Å². The van der Waals surface area contributed by atoms with Crippen LogP contribution in [0.5, 0.6) is 0 Å². The molecule has 0 aliphatic carbocycles. The molecule has 3 N–H and O–H groups in total. The van der Waals surface area contributed by atoms with E-state index in [0.29, 0.717) is 0 Å².